The van der Waals surface area contributed by atoms with Crippen LogP contribution < -0.4 is 10.5 Å². The van der Waals surface area contributed by atoms with E-state index in [0.717, 1.165) is 17.6 Å². The van der Waals surface area contributed by atoms with E-state index in [1.165, 1.54) is 6.07 Å². The zero-order valence-corrected chi connectivity index (χ0v) is 9.63. The first-order chi connectivity index (χ1) is 7.65. The highest BCUT2D eigenvalue weighted by Gasteiger charge is 2.08. The number of halogens is 1. The van der Waals surface area contributed by atoms with Gasteiger partial charge in [-0.25, -0.2) is 4.39 Å². The maximum absolute atomic E-state index is 13.5. The highest BCUT2D eigenvalue weighted by molar-refractivity contribution is 5.35. The normalized spacial score (nSPS) is 10.2. The zero-order valence-electron chi connectivity index (χ0n) is 9.63. The number of para-hydroxylation sites is 1. The van der Waals surface area contributed by atoms with E-state index in [0.29, 0.717) is 25.3 Å². The SMILES string of the molecule is C=C(C)CCOc1c(F)cccc1CCN. The summed E-state index contributed by atoms with van der Waals surface area (Å²) in [5.74, 6) is 0.00173. The monoisotopic (exact) mass is 223 g/mol. The van der Waals surface area contributed by atoms with Gasteiger partial charge in [-0.1, -0.05) is 17.7 Å². The third-order valence-corrected chi connectivity index (χ3v) is 2.24. The van der Waals surface area contributed by atoms with Gasteiger partial charge in [-0.2, -0.15) is 0 Å². The number of hydrogen-bond acceptors (Lipinski definition) is 2. The van der Waals surface area contributed by atoms with Crippen molar-refractivity contribution < 1.29 is 9.13 Å². The Morgan fingerprint density at radius 2 is 2.25 bits per heavy atom. The molecule has 1 aromatic carbocycles. The molecule has 0 bridgehead atoms. The van der Waals surface area contributed by atoms with E-state index < -0.39 is 0 Å². The zero-order chi connectivity index (χ0) is 12.0. The van der Waals surface area contributed by atoms with Crippen LogP contribution in [-0.2, 0) is 6.42 Å². The molecule has 0 aromatic heterocycles. The lowest BCUT2D eigenvalue weighted by Crippen LogP contribution is -2.07. The van der Waals surface area contributed by atoms with E-state index in [9.17, 15) is 4.39 Å². The van der Waals surface area contributed by atoms with Gasteiger partial charge in [0.2, 0.25) is 0 Å². The van der Waals surface area contributed by atoms with Crippen molar-refractivity contribution in [1.29, 1.82) is 0 Å². The van der Waals surface area contributed by atoms with Crippen molar-refractivity contribution in [3.05, 3.63) is 41.7 Å². The summed E-state index contributed by atoms with van der Waals surface area (Å²) in [7, 11) is 0. The van der Waals surface area contributed by atoms with Crippen LogP contribution in [-0.4, -0.2) is 13.2 Å². The molecule has 0 spiro atoms. The summed E-state index contributed by atoms with van der Waals surface area (Å²) >= 11 is 0. The van der Waals surface area contributed by atoms with Gasteiger partial charge >= 0.3 is 0 Å². The molecule has 0 unspecified atom stereocenters. The Labute approximate surface area is 95.9 Å². The summed E-state index contributed by atoms with van der Waals surface area (Å²) in [5, 5.41) is 0. The first-order valence-electron chi connectivity index (χ1n) is 5.39. The molecule has 0 amide bonds. The Morgan fingerprint density at radius 3 is 2.88 bits per heavy atom. The molecule has 0 aliphatic heterocycles. The van der Waals surface area contributed by atoms with Gasteiger partial charge in [0, 0.05) is 6.42 Å². The van der Waals surface area contributed by atoms with Gasteiger partial charge in [-0.15, -0.1) is 6.58 Å². The second kappa shape index (κ2) is 6.28. The van der Waals surface area contributed by atoms with Crippen LogP contribution in [0.2, 0.25) is 0 Å². The van der Waals surface area contributed by atoms with Crippen LogP contribution in [0.4, 0.5) is 4.39 Å². The molecule has 1 rings (SSSR count). The molecule has 2 N–H and O–H groups in total. The Hall–Kier alpha value is -1.35. The quantitative estimate of drug-likeness (QED) is 0.752. The van der Waals surface area contributed by atoms with Crippen LogP contribution in [0.15, 0.2) is 30.4 Å². The van der Waals surface area contributed by atoms with Gasteiger partial charge < -0.3 is 10.5 Å². The van der Waals surface area contributed by atoms with Crippen molar-refractivity contribution in [2.24, 2.45) is 5.73 Å². The average molecular weight is 223 g/mol. The van der Waals surface area contributed by atoms with Crippen molar-refractivity contribution in [3.63, 3.8) is 0 Å². The highest BCUT2D eigenvalue weighted by atomic mass is 19.1. The van der Waals surface area contributed by atoms with Gasteiger partial charge in [0.1, 0.15) is 0 Å². The van der Waals surface area contributed by atoms with Crippen LogP contribution in [0, 0.1) is 5.82 Å². The van der Waals surface area contributed by atoms with Crippen LogP contribution in [0.5, 0.6) is 5.75 Å². The third kappa shape index (κ3) is 3.66. The number of rotatable bonds is 6. The van der Waals surface area contributed by atoms with Gasteiger partial charge in [-0.3, -0.25) is 0 Å². The molecule has 0 saturated heterocycles. The Morgan fingerprint density at radius 1 is 1.50 bits per heavy atom. The molecule has 0 aliphatic carbocycles. The van der Waals surface area contributed by atoms with E-state index >= 15 is 0 Å². The molecule has 0 fully saturated rings. The maximum Gasteiger partial charge on any atom is 0.165 e. The third-order valence-electron chi connectivity index (χ3n) is 2.24. The van der Waals surface area contributed by atoms with E-state index in [4.69, 9.17) is 10.5 Å². The van der Waals surface area contributed by atoms with E-state index in [-0.39, 0.29) is 5.82 Å². The molecule has 0 radical (unpaired) electrons. The molecular weight excluding hydrogens is 205 g/mol. The summed E-state index contributed by atoms with van der Waals surface area (Å²) in [6, 6.07) is 4.91. The van der Waals surface area contributed by atoms with E-state index in [1.807, 2.05) is 13.0 Å². The molecule has 16 heavy (non-hydrogen) atoms. The lowest BCUT2D eigenvalue weighted by molar-refractivity contribution is 0.301. The number of nitrogens with two attached hydrogens (primary N) is 1. The smallest absolute Gasteiger partial charge is 0.165 e. The average Bonchev–Trinajstić information content (AvgIpc) is 2.22. The summed E-state index contributed by atoms with van der Waals surface area (Å²) in [4.78, 5) is 0. The summed E-state index contributed by atoms with van der Waals surface area (Å²) in [6.45, 7) is 6.63. The number of hydrogen-bond donors (Lipinski definition) is 1. The molecule has 0 heterocycles. The molecular formula is C13H18FNO. The summed E-state index contributed by atoms with van der Waals surface area (Å²) in [6.07, 6.45) is 1.36. The van der Waals surface area contributed by atoms with Crippen LogP contribution in [0.25, 0.3) is 0 Å². The van der Waals surface area contributed by atoms with Crippen molar-refractivity contribution in [2.75, 3.05) is 13.2 Å². The largest absolute Gasteiger partial charge is 0.490 e. The van der Waals surface area contributed by atoms with E-state index in [1.54, 1.807) is 6.07 Å². The lowest BCUT2D eigenvalue weighted by atomic mass is 10.1. The second-order valence-electron chi connectivity index (χ2n) is 3.82. The molecule has 0 aliphatic rings. The summed E-state index contributed by atoms with van der Waals surface area (Å²) < 4.78 is 18.9. The minimum Gasteiger partial charge on any atom is -0.490 e. The van der Waals surface area contributed by atoms with Crippen LogP contribution in [0.1, 0.15) is 18.9 Å². The van der Waals surface area contributed by atoms with Gasteiger partial charge in [0.05, 0.1) is 6.61 Å². The van der Waals surface area contributed by atoms with Crippen molar-refractivity contribution in [2.45, 2.75) is 19.8 Å². The standard InChI is InChI=1S/C13H18FNO/c1-10(2)7-9-16-13-11(6-8-15)4-3-5-12(13)14/h3-5H,1,6-9,15H2,2H3. The number of benzene rings is 1. The molecule has 1 aromatic rings. The topological polar surface area (TPSA) is 35.2 Å². The minimum atomic E-state index is -0.326. The molecule has 0 saturated carbocycles. The Kier molecular flexibility index (Phi) is 4.99. The number of ether oxygens (including phenoxy) is 1. The molecule has 3 heteroatoms. The minimum absolute atomic E-state index is 0.326. The van der Waals surface area contributed by atoms with Crippen molar-refractivity contribution in [3.8, 4) is 5.75 Å². The molecule has 88 valence electrons. The van der Waals surface area contributed by atoms with E-state index in [2.05, 4.69) is 6.58 Å². The van der Waals surface area contributed by atoms with Gasteiger partial charge in [0.15, 0.2) is 11.6 Å². The molecule has 2 nitrogen and oxygen atoms in total. The van der Waals surface area contributed by atoms with Crippen LogP contribution >= 0.6 is 0 Å². The van der Waals surface area contributed by atoms with Crippen molar-refractivity contribution in [1.82, 2.24) is 0 Å². The first kappa shape index (κ1) is 12.7. The fourth-order valence-corrected chi connectivity index (χ4v) is 1.39. The fourth-order valence-electron chi connectivity index (χ4n) is 1.39. The first-order valence-corrected chi connectivity index (χ1v) is 5.39. The maximum atomic E-state index is 13.5. The lowest BCUT2D eigenvalue weighted by Gasteiger charge is -2.11. The van der Waals surface area contributed by atoms with Crippen molar-refractivity contribution >= 4 is 0 Å². The van der Waals surface area contributed by atoms with Gasteiger partial charge in [-0.05, 0) is 31.5 Å². The predicted molar refractivity (Wildman–Crippen MR) is 64.1 cm³/mol. The fraction of sp³-hybridized carbons (Fsp3) is 0.385. The highest BCUT2D eigenvalue weighted by Crippen LogP contribution is 2.23. The van der Waals surface area contributed by atoms with Crippen LogP contribution in [0.3, 0.4) is 0 Å². The Bertz CT molecular complexity index is 363. The second-order valence-corrected chi connectivity index (χ2v) is 3.82. The Balaban J connectivity index is 2.71. The molecule has 0 atom stereocenters. The predicted octanol–water partition coefficient (Wildman–Crippen LogP) is 2.67. The van der Waals surface area contributed by atoms with Gasteiger partial charge in [0.25, 0.3) is 0 Å². The summed E-state index contributed by atoms with van der Waals surface area (Å²) in [5.41, 5.74) is 7.31.